The van der Waals surface area contributed by atoms with E-state index in [2.05, 4.69) is 4.72 Å². The number of para-hydroxylation sites is 1. The minimum Gasteiger partial charge on any atom is -0.488 e. The minimum absolute atomic E-state index is 0.0247. The summed E-state index contributed by atoms with van der Waals surface area (Å²) in [7, 11) is -3.40. The Morgan fingerprint density at radius 3 is 2.57 bits per heavy atom. The van der Waals surface area contributed by atoms with Gasteiger partial charge in [0.15, 0.2) is 0 Å². The third kappa shape index (κ3) is 4.43. The fraction of sp³-hybridized carbons (Fsp3) is 0.400. The normalized spacial score (nSPS) is 17.4. The number of allylic oxidation sites excluding steroid dienone is 4. The molecule has 2 aliphatic carbocycles. The number of ether oxygens (including phenoxy) is 1. The van der Waals surface area contributed by atoms with E-state index in [4.69, 9.17) is 4.74 Å². The quantitative estimate of drug-likeness (QED) is 0.735. The summed E-state index contributed by atoms with van der Waals surface area (Å²) in [5, 5.41) is -0.523. The van der Waals surface area contributed by atoms with Crippen LogP contribution in [0.5, 0.6) is 5.75 Å². The maximum absolute atomic E-state index is 13.1. The highest BCUT2D eigenvalue weighted by Gasteiger charge is 2.34. The van der Waals surface area contributed by atoms with Crippen molar-refractivity contribution in [1.82, 2.24) is 4.72 Å². The van der Waals surface area contributed by atoms with E-state index in [1.165, 1.54) is 18.2 Å². The summed E-state index contributed by atoms with van der Waals surface area (Å²) in [5.74, 6) is -0.201. The number of alkyl halides is 3. The highest BCUT2D eigenvalue weighted by Crippen LogP contribution is 2.38. The molecule has 0 bridgehead atoms. The molecule has 0 radical (unpaired) electrons. The van der Waals surface area contributed by atoms with Crippen LogP contribution in [0.2, 0.25) is 0 Å². The van der Waals surface area contributed by atoms with Crippen LogP contribution < -0.4 is 9.46 Å². The molecule has 0 amide bonds. The number of halogens is 3. The highest BCUT2D eigenvalue weighted by molar-refractivity contribution is 7.90. The molecular weight excluding hydrogens is 391 g/mol. The van der Waals surface area contributed by atoms with Crippen molar-refractivity contribution in [3.63, 3.8) is 0 Å². The van der Waals surface area contributed by atoms with Gasteiger partial charge in [-0.2, -0.15) is 13.2 Å². The molecule has 0 atom stereocenters. The molecule has 0 aliphatic heterocycles. The number of hydrogen-bond acceptors (Lipinski definition) is 3. The number of nitrogens with one attached hydrogen (secondary N) is 1. The number of rotatable bonds is 6. The molecule has 1 aromatic rings. The lowest BCUT2D eigenvalue weighted by Crippen LogP contribution is -2.30. The van der Waals surface area contributed by atoms with Gasteiger partial charge in [-0.15, -0.1) is 0 Å². The predicted octanol–water partition coefficient (Wildman–Crippen LogP) is 4.72. The molecule has 1 N–H and O–H groups in total. The van der Waals surface area contributed by atoms with E-state index in [9.17, 15) is 21.6 Å². The summed E-state index contributed by atoms with van der Waals surface area (Å²) in [4.78, 5) is 0. The molecule has 0 spiro atoms. The largest absolute Gasteiger partial charge is 0.488 e. The van der Waals surface area contributed by atoms with E-state index in [1.54, 1.807) is 13.8 Å². The first kappa shape index (κ1) is 20.5. The molecule has 4 nitrogen and oxygen atoms in total. The fourth-order valence-electron chi connectivity index (χ4n) is 3.18. The van der Waals surface area contributed by atoms with Gasteiger partial charge in [-0.25, -0.2) is 8.42 Å². The Balaban J connectivity index is 1.71. The second kappa shape index (κ2) is 7.66. The summed E-state index contributed by atoms with van der Waals surface area (Å²) in [6, 6.07) is 5.13. The van der Waals surface area contributed by atoms with Gasteiger partial charge in [-0.05, 0) is 62.0 Å². The van der Waals surface area contributed by atoms with Crippen LogP contribution in [0.25, 0.3) is 0 Å². The smallest absolute Gasteiger partial charge is 0.419 e. The van der Waals surface area contributed by atoms with Crippen molar-refractivity contribution in [2.45, 2.75) is 44.5 Å². The van der Waals surface area contributed by atoms with Crippen LogP contribution in [0.1, 0.15) is 38.7 Å². The zero-order chi connectivity index (χ0) is 20.5. The molecule has 0 fully saturated rings. The van der Waals surface area contributed by atoms with Crippen LogP contribution >= 0.6 is 0 Å². The van der Waals surface area contributed by atoms with E-state index in [0.29, 0.717) is 25.0 Å². The van der Waals surface area contributed by atoms with Gasteiger partial charge in [0.25, 0.3) is 0 Å². The van der Waals surface area contributed by atoms with Gasteiger partial charge in [0.1, 0.15) is 12.4 Å². The second-order valence-corrected chi connectivity index (χ2v) is 9.33. The highest BCUT2D eigenvalue weighted by atomic mass is 32.2. The first-order valence-electron chi connectivity index (χ1n) is 9.00. The van der Waals surface area contributed by atoms with E-state index in [1.807, 2.05) is 12.2 Å². The van der Waals surface area contributed by atoms with Crippen LogP contribution in [0.4, 0.5) is 13.2 Å². The molecule has 3 rings (SSSR count). The fourth-order valence-corrected chi connectivity index (χ4v) is 3.98. The average molecular weight is 413 g/mol. The number of benzene rings is 1. The summed E-state index contributed by atoms with van der Waals surface area (Å²) >= 11 is 0. The summed E-state index contributed by atoms with van der Waals surface area (Å²) in [6.07, 6.45) is 1.10. The maximum Gasteiger partial charge on any atom is 0.419 e. The first-order chi connectivity index (χ1) is 13.1. The van der Waals surface area contributed by atoms with Gasteiger partial charge in [0.2, 0.25) is 10.0 Å². The molecule has 28 heavy (non-hydrogen) atoms. The Morgan fingerprint density at radius 2 is 1.89 bits per heavy atom. The Hall–Kier alpha value is -2.22. The summed E-state index contributed by atoms with van der Waals surface area (Å²) in [5.41, 5.74) is 2.64. The molecule has 1 aromatic carbocycles. The van der Waals surface area contributed by atoms with Crippen molar-refractivity contribution in [2.75, 3.05) is 6.61 Å². The molecule has 0 saturated heterocycles. The SMILES string of the molecule is CC(C)S(=O)(=O)NC1=C2CC=C(COc3ccccc3C(F)(F)F)C=C2CC1. The number of sulfonamides is 1. The molecule has 8 heteroatoms. The minimum atomic E-state index is -4.47. The Labute approximate surface area is 162 Å². The first-order valence-corrected chi connectivity index (χ1v) is 10.5. The molecule has 152 valence electrons. The number of hydrogen-bond donors (Lipinski definition) is 1. The van der Waals surface area contributed by atoms with Crippen LogP contribution in [0, 0.1) is 0 Å². The van der Waals surface area contributed by atoms with Crippen molar-refractivity contribution in [1.29, 1.82) is 0 Å². The third-order valence-electron chi connectivity index (χ3n) is 4.80. The van der Waals surface area contributed by atoms with Crippen LogP contribution in [0.3, 0.4) is 0 Å². The van der Waals surface area contributed by atoms with Gasteiger partial charge in [0, 0.05) is 5.70 Å². The van der Waals surface area contributed by atoms with Crippen LogP contribution in [-0.4, -0.2) is 20.3 Å². The lowest BCUT2D eigenvalue weighted by molar-refractivity contribution is -0.138. The Bertz CT molecular complexity index is 957. The lowest BCUT2D eigenvalue weighted by Gasteiger charge is -2.18. The molecule has 0 heterocycles. The van der Waals surface area contributed by atoms with Gasteiger partial charge < -0.3 is 4.74 Å². The number of fused-ring (bicyclic) bond motifs is 1. The Kier molecular flexibility index (Phi) is 5.61. The second-order valence-electron chi connectivity index (χ2n) is 7.09. The van der Waals surface area contributed by atoms with Crippen molar-refractivity contribution < 1.29 is 26.3 Å². The van der Waals surface area contributed by atoms with Crippen LogP contribution in [-0.2, 0) is 16.2 Å². The lowest BCUT2D eigenvalue weighted by atomic mass is 9.96. The third-order valence-corrected chi connectivity index (χ3v) is 6.57. The van der Waals surface area contributed by atoms with E-state index in [0.717, 1.165) is 22.8 Å². The summed E-state index contributed by atoms with van der Waals surface area (Å²) in [6.45, 7) is 3.26. The van der Waals surface area contributed by atoms with E-state index in [-0.39, 0.29) is 12.4 Å². The van der Waals surface area contributed by atoms with Crippen molar-refractivity contribution in [2.24, 2.45) is 0 Å². The zero-order valence-corrected chi connectivity index (χ0v) is 16.5. The molecule has 0 unspecified atom stereocenters. The van der Waals surface area contributed by atoms with Gasteiger partial charge in [-0.1, -0.05) is 24.3 Å². The monoisotopic (exact) mass is 413 g/mol. The maximum atomic E-state index is 13.1. The van der Waals surface area contributed by atoms with Gasteiger partial charge >= 0.3 is 6.18 Å². The predicted molar refractivity (Wildman–Crippen MR) is 101 cm³/mol. The van der Waals surface area contributed by atoms with Crippen molar-refractivity contribution >= 4 is 10.0 Å². The topological polar surface area (TPSA) is 55.4 Å². The molecular formula is C20H22F3NO3S. The van der Waals surface area contributed by atoms with Gasteiger partial charge in [-0.3, -0.25) is 4.72 Å². The van der Waals surface area contributed by atoms with Crippen molar-refractivity contribution in [3.05, 3.63) is 64.4 Å². The zero-order valence-electron chi connectivity index (χ0n) is 15.6. The molecule has 2 aliphatic rings. The average Bonchev–Trinajstić information content (AvgIpc) is 3.01. The van der Waals surface area contributed by atoms with Gasteiger partial charge in [0.05, 0.1) is 10.8 Å². The summed E-state index contributed by atoms with van der Waals surface area (Å²) < 4.78 is 71.5. The van der Waals surface area contributed by atoms with Crippen LogP contribution in [0.15, 0.2) is 58.8 Å². The standard InChI is InChI=1S/C20H22F3NO3S/c1-13(2)28(25,26)24-18-10-8-15-11-14(7-9-16(15)18)12-27-19-6-4-3-5-17(19)20(21,22)23/h3-7,11,13,24H,8-10,12H2,1-2H3. The van der Waals surface area contributed by atoms with E-state index < -0.39 is 27.0 Å². The van der Waals surface area contributed by atoms with Crippen molar-refractivity contribution in [3.8, 4) is 5.75 Å². The Morgan fingerprint density at radius 1 is 1.18 bits per heavy atom. The molecule has 0 aromatic heterocycles. The van der Waals surface area contributed by atoms with E-state index >= 15 is 0 Å². The molecule has 0 saturated carbocycles.